The van der Waals surface area contributed by atoms with E-state index in [9.17, 15) is 9.90 Å². The molecule has 1 aromatic heterocycles. The summed E-state index contributed by atoms with van der Waals surface area (Å²) in [6.45, 7) is 8.19. The van der Waals surface area contributed by atoms with Crippen LogP contribution in [0, 0.1) is 5.92 Å². The molecule has 2 aromatic rings. The smallest absolute Gasteiger partial charge is 0.307 e. The number of aromatic nitrogens is 1. The molecule has 1 saturated heterocycles. The third-order valence-corrected chi connectivity index (χ3v) is 6.04. The van der Waals surface area contributed by atoms with Gasteiger partial charge in [-0.1, -0.05) is 19.1 Å². The molecule has 0 saturated carbocycles. The standard InChI is InChI=1S/C20H26N2O2/c1-4-21-10-14(20(23)24)8-16-15-6-5-7-17-19(15)13(9-18(16)21)11-22(17)12(2)3/h5-7,11-12,14,16,18H,4,8-10H2,1-3H3,(H,23,24)/t14?,16-,18-/m1/s1. The van der Waals surface area contributed by atoms with Crippen LogP contribution in [0.15, 0.2) is 24.4 Å². The van der Waals surface area contributed by atoms with E-state index in [1.54, 1.807) is 0 Å². The van der Waals surface area contributed by atoms with Crippen molar-refractivity contribution in [1.29, 1.82) is 0 Å². The van der Waals surface area contributed by atoms with Crippen molar-refractivity contribution in [3.8, 4) is 0 Å². The van der Waals surface area contributed by atoms with Gasteiger partial charge in [0.05, 0.1) is 5.92 Å². The van der Waals surface area contributed by atoms with Crippen molar-refractivity contribution in [3.63, 3.8) is 0 Å². The first kappa shape index (κ1) is 15.7. The molecule has 1 unspecified atom stereocenters. The summed E-state index contributed by atoms with van der Waals surface area (Å²) in [4.78, 5) is 14.0. The maximum absolute atomic E-state index is 11.6. The van der Waals surface area contributed by atoms with E-state index in [0.29, 0.717) is 24.5 Å². The number of hydrogen-bond acceptors (Lipinski definition) is 2. The Labute approximate surface area is 143 Å². The maximum Gasteiger partial charge on any atom is 0.307 e. The molecule has 4 heteroatoms. The minimum absolute atomic E-state index is 0.254. The molecule has 1 aliphatic carbocycles. The summed E-state index contributed by atoms with van der Waals surface area (Å²) >= 11 is 0. The highest BCUT2D eigenvalue weighted by Crippen LogP contribution is 2.45. The lowest BCUT2D eigenvalue weighted by atomic mass is 9.72. The van der Waals surface area contributed by atoms with Gasteiger partial charge in [0.1, 0.15) is 0 Å². The number of fused-ring (bicyclic) bond motifs is 2. The highest BCUT2D eigenvalue weighted by atomic mass is 16.4. The van der Waals surface area contributed by atoms with Crippen molar-refractivity contribution < 1.29 is 9.90 Å². The van der Waals surface area contributed by atoms with Crippen LogP contribution in [0.5, 0.6) is 0 Å². The van der Waals surface area contributed by atoms with E-state index in [4.69, 9.17) is 0 Å². The number of hydrogen-bond donors (Lipinski definition) is 1. The Kier molecular flexibility index (Phi) is 3.68. The minimum atomic E-state index is -0.648. The fourth-order valence-electron chi connectivity index (χ4n) is 4.90. The fraction of sp³-hybridized carbons (Fsp3) is 0.550. The van der Waals surface area contributed by atoms with Crippen LogP contribution >= 0.6 is 0 Å². The molecular weight excluding hydrogens is 300 g/mol. The Morgan fingerprint density at radius 2 is 2.17 bits per heavy atom. The van der Waals surface area contributed by atoms with Gasteiger partial charge >= 0.3 is 5.97 Å². The van der Waals surface area contributed by atoms with Crippen LogP contribution < -0.4 is 0 Å². The number of carboxylic acids is 1. The lowest BCUT2D eigenvalue weighted by Crippen LogP contribution is -2.51. The summed E-state index contributed by atoms with van der Waals surface area (Å²) in [5.41, 5.74) is 4.10. The van der Waals surface area contributed by atoms with Crippen LogP contribution in [0.1, 0.15) is 50.3 Å². The van der Waals surface area contributed by atoms with Gasteiger partial charge in [-0.2, -0.15) is 0 Å². The number of aliphatic carboxylic acids is 1. The number of likely N-dealkylation sites (N-methyl/N-ethyl adjacent to an activating group) is 1. The van der Waals surface area contributed by atoms with Crippen LogP contribution in [0.2, 0.25) is 0 Å². The largest absolute Gasteiger partial charge is 0.481 e. The lowest BCUT2D eigenvalue weighted by Gasteiger charge is -2.45. The third-order valence-electron chi connectivity index (χ3n) is 6.04. The zero-order valence-electron chi connectivity index (χ0n) is 14.7. The Balaban J connectivity index is 1.86. The maximum atomic E-state index is 11.6. The number of carboxylic acid groups (broad SMARTS) is 1. The molecule has 3 atom stereocenters. The Bertz CT molecular complexity index is 792. The van der Waals surface area contributed by atoms with Gasteiger partial charge in [-0.05, 0) is 50.4 Å². The number of rotatable bonds is 3. The highest BCUT2D eigenvalue weighted by molar-refractivity contribution is 5.89. The van der Waals surface area contributed by atoms with Gasteiger partial charge in [-0.15, -0.1) is 0 Å². The summed E-state index contributed by atoms with van der Waals surface area (Å²) in [6.07, 6.45) is 4.13. The molecule has 4 nitrogen and oxygen atoms in total. The van der Waals surface area contributed by atoms with Crippen LogP contribution in [0.4, 0.5) is 0 Å². The van der Waals surface area contributed by atoms with Crippen LogP contribution in [0.3, 0.4) is 0 Å². The second-order valence-corrected chi connectivity index (χ2v) is 7.63. The molecule has 2 aliphatic rings. The normalized spacial score (nSPS) is 26.8. The average molecular weight is 326 g/mol. The highest BCUT2D eigenvalue weighted by Gasteiger charge is 2.42. The van der Waals surface area contributed by atoms with E-state index >= 15 is 0 Å². The molecule has 24 heavy (non-hydrogen) atoms. The SMILES string of the molecule is CCN1CC(C(=O)O)C[C@@H]2c3cccc4c3c(cn4C(C)C)C[C@H]21. The molecule has 1 aromatic carbocycles. The number of nitrogens with zero attached hydrogens (tertiary/aromatic N) is 2. The van der Waals surface area contributed by atoms with E-state index in [0.717, 1.165) is 19.4 Å². The molecule has 128 valence electrons. The van der Waals surface area contributed by atoms with Gasteiger partial charge in [-0.3, -0.25) is 9.69 Å². The second-order valence-electron chi connectivity index (χ2n) is 7.63. The topological polar surface area (TPSA) is 45.5 Å². The van der Waals surface area contributed by atoms with Crippen molar-refractivity contribution in [2.24, 2.45) is 5.92 Å². The summed E-state index contributed by atoms with van der Waals surface area (Å²) in [6, 6.07) is 7.45. The molecule has 2 heterocycles. The summed E-state index contributed by atoms with van der Waals surface area (Å²) in [5.74, 6) is -0.571. The van der Waals surface area contributed by atoms with Crippen LogP contribution in [-0.2, 0) is 11.2 Å². The van der Waals surface area contributed by atoms with E-state index < -0.39 is 5.97 Å². The molecule has 1 N–H and O–H groups in total. The summed E-state index contributed by atoms with van der Waals surface area (Å²) in [5, 5.41) is 11.0. The molecule has 0 radical (unpaired) electrons. The van der Waals surface area contributed by atoms with E-state index in [1.165, 1.54) is 22.0 Å². The summed E-state index contributed by atoms with van der Waals surface area (Å²) < 4.78 is 2.37. The molecule has 4 rings (SSSR count). The third kappa shape index (κ3) is 2.20. The quantitative estimate of drug-likeness (QED) is 0.936. The van der Waals surface area contributed by atoms with E-state index in [2.05, 4.69) is 54.6 Å². The molecule has 0 bridgehead atoms. The minimum Gasteiger partial charge on any atom is -0.481 e. The molecule has 1 fully saturated rings. The first-order valence-electron chi connectivity index (χ1n) is 9.10. The Hall–Kier alpha value is -1.81. The van der Waals surface area contributed by atoms with E-state index in [1.807, 2.05) is 0 Å². The first-order chi connectivity index (χ1) is 11.5. The first-order valence-corrected chi connectivity index (χ1v) is 9.10. The van der Waals surface area contributed by atoms with Gasteiger partial charge in [-0.25, -0.2) is 0 Å². The average Bonchev–Trinajstić information content (AvgIpc) is 2.94. The molecular formula is C20H26N2O2. The monoisotopic (exact) mass is 326 g/mol. The van der Waals surface area contributed by atoms with Crippen molar-refractivity contribution in [2.45, 2.75) is 51.6 Å². The predicted octanol–water partition coefficient (Wildman–Crippen LogP) is 3.66. The second kappa shape index (κ2) is 5.62. The number of carbonyl (C=O) groups is 1. The van der Waals surface area contributed by atoms with Crippen molar-refractivity contribution in [2.75, 3.05) is 13.1 Å². The van der Waals surface area contributed by atoms with Crippen molar-refractivity contribution in [1.82, 2.24) is 9.47 Å². The van der Waals surface area contributed by atoms with E-state index in [-0.39, 0.29) is 5.92 Å². The molecule has 0 amide bonds. The Morgan fingerprint density at radius 3 is 2.83 bits per heavy atom. The fourth-order valence-corrected chi connectivity index (χ4v) is 4.90. The Morgan fingerprint density at radius 1 is 1.38 bits per heavy atom. The van der Waals surface area contributed by atoms with Gasteiger partial charge in [0, 0.05) is 41.6 Å². The zero-order chi connectivity index (χ0) is 17.0. The number of piperidine rings is 1. The van der Waals surface area contributed by atoms with Gasteiger partial charge < -0.3 is 9.67 Å². The molecule has 1 aliphatic heterocycles. The molecule has 0 spiro atoms. The number of likely N-dealkylation sites (tertiary alicyclic amines) is 1. The summed E-state index contributed by atoms with van der Waals surface area (Å²) in [7, 11) is 0. The van der Waals surface area contributed by atoms with Gasteiger partial charge in [0.2, 0.25) is 0 Å². The van der Waals surface area contributed by atoms with Crippen LogP contribution in [0.25, 0.3) is 10.9 Å². The van der Waals surface area contributed by atoms with Crippen molar-refractivity contribution >= 4 is 16.9 Å². The van der Waals surface area contributed by atoms with Gasteiger partial charge in [0.15, 0.2) is 0 Å². The predicted molar refractivity (Wildman–Crippen MR) is 95.5 cm³/mol. The van der Waals surface area contributed by atoms with Crippen molar-refractivity contribution in [3.05, 3.63) is 35.5 Å². The number of benzene rings is 1. The lowest BCUT2D eigenvalue weighted by molar-refractivity contribution is -0.144. The van der Waals surface area contributed by atoms with Gasteiger partial charge in [0.25, 0.3) is 0 Å². The zero-order valence-corrected chi connectivity index (χ0v) is 14.7. The van der Waals surface area contributed by atoms with Crippen LogP contribution in [-0.4, -0.2) is 39.7 Å².